The summed E-state index contributed by atoms with van der Waals surface area (Å²) in [4.78, 5) is 0. The minimum Gasteiger partial charge on any atom is -0.313 e. The van der Waals surface area contributed by atoms with Crippen molar-refractivity contribution in [3.05, 3.63) is 18.0 Å². The summed E-state index contributed by atoms with van der Waals surface area (Å²) < 4.78 is 78.2. The third kappa shape index (κ3) is 5.22. The van der Waals surface area contributed by atoms with Crippen molar-refractivity contribution in [3.63, 3.8) is 0 Å². The van der Waals surface area contributed by atoms with Gasteiger partial charge in [-0.25, -0.2) is 0 Å². The maximum atomic E-state index is 12.8. The third-order valence-corrected chi connectivity index (χ3v) is 2.96. The molecule has 1 heterocycles. The average Bonchev–Trinajstić information content (AvgIpc) is 2.67. The van der Waals surface area contributed by atoms with Crippen molar-refractivity contribution < 1.29 is 26.3 Å². The van der Waals surface area contributed by atoms with E-state index in [9.17, 15) is 26.3 Å². The van der Waals surface area contributed by atoms with Crippen molar-refractivity contribution in [3.8, 4) is 0 Å². The third-order valence-electron chi connectivity index (χ3n) is 2.96. The van der Waals surface area contributed by atoms with Gasteiger partial charge in [0.2, 0.25) is 0 Å². The van der Waals surface area contributed by atoms with Gasteiger partial charge in [-0.15, -0.1) is 0 Å². The molecule has 0 bridgehead atoms. The van der Waals surface area contributed by atoms with Gasteiger partial charge >= 0.3 is 12.4 Å². The molecule has 0 amide bonds. The Morgan fingerprint density at radius 3 is 2.14 bits per heavy atom. The largest absolute Gasteiger partial charge is 0.402 e. The molecule has 1 N–H and O–H groups in total. The van der Waals surface area contributed by atoms with E-state index in [0.717, 1.165) is 0 Å². The van der Waals surface area contributed by atoms with E-state index in [0.29, 0.717) is 6.42 Å². The van der Waals surface area contributed by atoms with Gasteiger partial charge in [0.05, 0.1) is 5.69 Å². The lowest BCUT2D eigenvalue weighted by molar-refractivity contribution is -0.291. The van der Waals surface area contributed by atoms with Crippen LogP contribution in [0.5, 0.6) is 0 Å². The van der Waals surface area contributed by atoms with Crippen molar-refractivity contribution in [1.29, 1.82) is 0 Å². The van der Waals surface area contributed by atoms with Crippen LogP contribution < -0.4 is 5.32 Å². The number of nitrogens with zero attached hydrogens (tertiary/aromatic N) is 2. The van der Waals surface area contributed by atoms with Crippen LogP contribution >= 0.6 is 0 Å². The van der Waals surface area contributed by atoms with Crippen LogP contribution in [0.3, 0.4) is 0 Å². The lowest BCUT2D eigenvalue weighted by Crippen LogP contribution is -2.52. The van der Waals surface area contributed by atoms with Crippen LogP contribution in [0.15, 0.2) is 12.3 Å². The maximum Gasteiger partial charge on any atom is 0.402 e. The number of alkyl halides is 6. The first-order valence-electron chi connectivity index (χ1n) is 6.41. The van der Waals surface area contributed by atoms with Gasteiger partial charge in [-0.2, -0.15) is 31.4 Å². The summed E-state index contributed by atoms with van der Waals surface area (Å²) in [5, 5.41) is 6.20. The van der Waals surface area contributed by atoms with E-state index < -0.39 is 30.7 Å². The SMILES string of the molecule is CCCNC(Cc1ccn(C)n1)C(C(F)(F)F)C(F)(F)F. The Bertz CT molecular complexity index is 423. The highest BCUT2D eigenvalue weighted by atomic mass is 19.4. The van der Waals surface area contributed by atoms with Gasteiger partial charge in [-0.1, -0.05) is 6.92 Å². The highest BCUT2D eigenvalue weighted by Gasteiger charge is 2.60. The quantitative estimate of drug-likeness (QED) is 0.817. The molecule has 1 atom stereocenters. The van der Waals surface area contributed by atoms with Gasteiger partial charge < -0.3 is 5.32 Å². The molecule has 0 aliphatic carbocycles. The van der Waals surface area contributed by atoms with Gasteiger partial charge in [0.1, 0.15) is 0 Å². The van der Waals surface area contributed by atoms with E-state index in [-0.39, 0.29) is 12.2 Å². The Labute approximate surface area is 118 Å². The molecule has 3 nitrogen and oxygen atoms in total. The lowest BCUT2D eigenvalue weighted by Gasteiger charge is -2.31. The molecule has 0 spiro atoms. The zero-order chi connectivity index (χ0) is 16.3. The van der Waals surface area contributed by atoms with Gasteiger partial charge in [-0.3, -0.25) is 4.68 Å². The summed E-state index contributed by atoms with van der Waals surface area (Å²) in [7, 11) is 1.54. The molecule has 0 saturated carbocycles. The van der Waals surface area contributed by atoms with E-state index in [1.54, 1.807) is 14.0 Å². The second-order valence-corrected chi connectivity index (χ2v) is 4.81. The first kappa shape index (κ1) is 17.8. The molecule has 0 radical (unpaired) electrons. The second-order valence-electron chi connectivity index (χ2n) is 4.81. The molecule has 1 unspecified atom stereocenters. The number of hydrogen-bond acceptors (Lipinski definition) is 2. The molecule has 0 aliphatic rings. The monoisotopic (exact) mass is 317 g/mol. The van der Waals surface area contributed by atoms with Gasteiger partial charge in [0.15, 0.2) is 5.92 Å². The van der Waals surface area contributed by atoms with Crippen molar-refractivity contribution in [2.24, 2.45) is 13.0 Å². The van der Waals surface area contributed by atoms with Crippen LogP contribution in [-0.4, -0.2) is 34.7 Å². The fourth-order valence-electron chi connectivity index (χ4n) is 2.08. The van der Waals surface area contributed by atoms with Gasteiger partial charge in [-0.05, 0) is 19.0 Å². The fraction of sp³-hybridized carbons (Fsp3) is 0.750. The highest BCUT2D eigenvalue weighted by Crippen LogP contribution is 2.42. The van der Waals surface area contributed by atoms with Crippen LogP contribution in [0.4, 0.5) is 26.3 Å². The molecule has 1 aromatic heterocycles. The molecule has 0 aromatic carbocycles. The molecule has 122 valence electrons. The molecule has 0 aliphatic heterocycles. The predicted molar refractivity (Wildman–Crippen MR) is 64.6 cm³/mol. The second kappa shape index (κ2) is 6.67. The van der Waals surface area contributed by atoms with Crippen molar-refractivity contribution in [2.45, 2.75) is 38.2 Å². The number of rotatable bonds is 6. The molecular formula is C12H17F6N3. The fourth-order valence-corrected chi connectivity index (χ4v) is 2.08. The topological polar surface area (TPSA) is 29.9 Å². The Balaban J connectivity index is 3.02. The summed E-state index contributed by atoms with van der Waals surface area (Å²) in [5.74, 6) is -3.42. The summed E-state index contributed by atoms with van der Waals surface area (Å²) in [5.41, 5.74) is 0.185. The predicted octanol–water partition coefficient (Wildman–Crippen LogP) is 3.07. The number of hydrogen-bond donors (Lipinski definition) is 1. The van der Waals surface area contributed by atoms with Crippen LogP contribution in [0.1, 0.15) is 19.0 Å². The Morgan fingerprint density at radius 2 is 1.76 bits per heavy atom. The lowest BCUT2D eigenvalue weighted by atomic mass is 9.94. The summed E-state index contributed by atoms with van der Waals surface area (Å²) >= 11 is 0. The minimum atomic E-state index is -5.36. The highest BCUT2D eigenvalue weighted by molar-refractivity contribution is 5.04. The Kier molecular flexibility index (Phi) is 5.66. The van der Waals surface area contributed by atoms with E-state index in [2.05, 4.69) is 10.4 Å². The zero-order valence-electron chi connectivity index (χ0n) is 11.6. The Morgan fingerprint density at radius 1 is 1.19 bits per heavy atom. The standard InChI is InChI=1S/C12H17F6N3/c1-3-5-19-9(7-8-4-6-21(2)20-8)10(11(13,14)15)12(16,17)18/h4,6,9-10,19H,3,5,7H2,1-2H3. The molecule has 0 saturated heterocycles. The first-order valence-corrected chi connectivity index (χ1v) is 6.41. The number of aryl methyl sites for hydroxylation is 1. The summed E-state index contributed by atoms with van der Waals surface area (Å²) in [6.07, 6.45) is -9.26. The molecule has 0 fully saturated rings. The molecule has 1 rings (SSSR count). The molecule has 1 aromatic rings. The number of halogens is 6. The van der Waals surface area contributed by atoms with E-state index in [1.165, 1.54) is 16.9 Å². The first-order chi connectivity index (χ1) is 9.55. The number of aromatic nitrogens is 2. The maximum absolute atomic E-state index is 12.8. The van der Waals surface area contributed by atoms with Crippen LogP contribution in [-0.2, 0) is 13.5 Å². The number of nitrogens with one attached hydrogen (secondary N) is 1. The minimum absolute atomic E-state index is 0.0696. The van der Waals surface area contributed by atoms with Crippen molar-refractivity contribution >= 4 is 0 Å². The van der Waals surface area contributed by atoms with Crippen LogP contribution in [0.25, 0.3) is 0 Å². The summed E-state index contributed by atoms with van der Waals surface area (Å²) in [6.45, 7) is 1.74. The van der Waals surface area contributed by atoms with Crippen LogP contribution in [0, 0.1) is 5.92 Å². The van der Waals surface area contributed by atoms with E-state index in [1.807, 2.05) is 0 Å². The van der Waals surface area contributed by atoms with Crippen molar-refractivity contribution in [2.75, 3.05) is 6.54 Å². The molecule has 9 heteroatoms. The normalized spacial score (nSPS) is 14.7. The summed E-state index contributed by atoms with van der Waals surface area (Å²) in [6, 6.07) is -0.385. The molecular weight excluding hydrogens is 300 g/mol. The van der Waals surface area contributed by atoms with Gasteiger partial charge in [0, 0.05) is 25.7 Å². The van der Waals surface area contributed by atoms with E-state index in [4.69, 9.17) is 0 Å². The van der Waals surface area contributed by atoms with Crippen LogP contribution in [0.2, 0.25) is 0 Å². The molecule has 21 heavy (non-hydrogen) atoms. The average molecular weight is 317 g/mol. The van der Waals surface area contributed by atoms with Gasteiger partial charge in [0.25, 0.3) is 0 Å². The van der Waals surface area contributed by atoms with Crippen molar-refractivity contribution in [1.82, 2.24) is 15.1 Å². The van der Waals surface area contributed by atoms with E-state index >= 15 is 0 Å². The Hall–Kier alpha value is -1.25. The zero-order valence-corrected chi connectivity index (χ0v) is 11.6. The smallest absolute Gasteiger partial charge is 0.313 e.